The number of carboxylic acids is 1. The molecule has 2 heterocycles. The first-order valence-electron chi connectivity index (χ1n) is 9.81. The summed E-state index contributed by atoms with van der Waals surface area (Å²) in [6.07, 6.45) is 2.86. The second kappa shape index (κ2) is 8.38. The summed E-state index contributed by atoms with van der Waals surface area (Å²) in [7, 11) is 0. The van der Waals surface area contributed by atoms with E-state index in [1.807, 2.05) is 0 Å². The zero-order valence-electron chi connectivity index (χ0n) is 17.0. The minimum atomic E-state index is -1.28. The predicted molar refractivity (Wildman–Crippen MR) is 114 cm³/mol. The Bertz CT molecular complexity index is 1290. The second-order valence-corrected chi connectivity index (χ2v) is 6.96. The number of fused-ring (bicyclic) bond motifs is 1. The number of nitrogens with one attached hydrogen (secondary N) is 1. The Hall–Kier alpha value is -4.40. The van der Waals surface area contributed by atoms with Gasteiger partial charge in [0.25, 0.3) is 11.8 Å². The van der Waals surface area contributed by atoms with Crippen LogP contribution >= 0.6 is 0 Å². The second-order valence-electron chi connectivity index (χ2n) is 6.96. The van der Waals surface area contributed by atoms with Gasteiger partial charge in [0.1, 0.15) is 11.3 Å². The zero-order valence-corrected chi connectivity index (χ0v) is 17.0. The number of carbonyl (C=O) groups is 4. The van der Waals surface area contributed by atoms with Crippen molar-refractivity contribution < 1.29 is 29.0 Å². The molecular weight excluding hydrogens is 414 g/mol. The van der Waals surface area contributed by atoms with Crippen molar-refractivity contribution in [3.05, 3.63) is 65.9 Å². The van der Waals surface area contributed by atoms with Crippen LogP contribution < -0.4 is 20.1 Å². The van der Waals surface area contributed by atoms with E-state index in [0.717, 1.165) is 4.90 Å². The maximum Gasteiger partial charge on any atom is 0.336 e. The lowest BCUT2D eigenvalue weighted by atomic mass is 10.1. The maximum atomic E-state index is 13.2. The van der Waals surface area contributed by atoms with Crippen molar-refractivity contribution in [2.45, 2.75) is 13.5 Å². The number of anilines is 1. The number of aromatic nitrogens is 1. The van der Waals surface area contributed by atoms with Gasteiger partial charge in [0.15, 0.2) is 0 Å². The van der Waals surface area contributed by atoms with Crippen molar-refractivity contribution in [2.75, 3.05) is 11.5 Å². The van der Waals surface area contributed by atoms with Crippen LogP contribution in [0.4, 0.5) is 10.5 Å². The number of hydrogen-bond donors (Lipinski definition) is 1. The normalized spacial score (nSPS) is 15.3. The average Bonchev–Trinajstić information content (AvgIpc) is 3.09. The first-order valence-corrected chi connectivity index (χ1v) is 9.81. The van der Waals surface area contributed by atoms with Gasteiger partial charge in [0.05, 0.1) is 24.8 Å². The van der Waals surface area contributed by atoms with Crippen LogP contribution in [0.25, 0.3) is 17.0 Å². The number of barbiturate groups is 1. The van der Waals surface area contributed by atoms with Crippen molar-refractivity contribution in [3.8, 4) is 5.75 Å². The van der Waals surface area contributed by atoms with E-state index in [2.05, 4.69) is 5.32 Å². The maximum absolute atomic E-state index is 13.2. The van der Waals surface area contributed by atoms with E-state index in [9.17, 15) is 24.3 Å². The Morgan fingerprint density at radius 2 is 1.81 bits per heavy atom. The molecule has 4 rings (SSSR count). The first kappa shape index (κ1) is 20.9. The number of rotatable bonds is 6. The molecule has 0 atom stereocenters. The Morgan fingerprint density at radius 3 is 2.56 bits per heavy atom. The molecule has 1 saturated heterocycles. The molecule has 32 heavy (non-hydrogen) atoms. The number of hydrogen-bond acceptors (Lipinski definition) is 6. The van der Waals surface area contributed by atoms with Crippen molar-refractivity contribution in [1.29, 1.82) is 0 Å². The third-order valence-electron chi connectivity index (χ3n) is 4.93. The van der Waals surface area contributed by atoms with Crippen LogP contribution in [0.1, 0.15) is 12.5 Å². The lowest BCUT2D eigenvalue weighted by Crippen LogP contribution is -2.54. The van der Waals surface area contributed by atoms with Crippen LogP contribution in [0.3, 0.4) is 0 Å². The highest BCUT2D eigenvalue weighted by Crippen LogP contribution is 2.32. The zero-order chi connectivity index (χ0) is 22.8. The summed E-state index contributed by atoms with van der Waals surface area (Å²) in [6.45, 7) is 1.70. The molecule has 0 radical (unpaired) electrons. The smallest absolute Gasteiger partial charge is 0.336 e. The molecule has 1 aliphatic heterocycles. The number of para-hydroxylation sites is 3. The van der Waals surface area contributed by atoms with E-state index in [0.29, 0.717) is 28.8 Å². The molecule has 1 aliphatic rings. The van der Waals surface area contributed by atoms with Gasteiger partial charge in [-0.3, -0.25) is 14.9 Å². The summed E-state index contributed by atoms with van der Waals surface area (Å²) in [5, 5.41) is 13.9. The van der Waals surface area contributed by atoms with Crippen LogP contribution in [-0.2, 0) is 20.9 Å². The highest BCUT2D eigenvalue weighted by Gasteiger charge is 2.38. The molecule has 1 aromatic heterocycles. The van der Waals surface area contributed by atoms with Gasteiger partial charge in [0.2, 0.25) is 0 Å². The number of imide groups is 2. The van der Waals surface area contributed by atoms with Gasteiger partial charge in [-0.1, -0.05) is 30.3 Å². The van der Waals surface area contributed by atoms with E-state index in [1.54, 1.807) is 55.5 Å². The molecule has 1 fully saturated rings. The average molecular weight is 432 g/mol. The Kier molecular flexibility index (Phi) is 5.46. The lowest BCUT2D eigenvalue weighted by molar-refractivity contribution is -0.306. The highest BCUT2D eigenvalue weighted by atomic mass is 16.5. The van der Waals surface area contributed by atoms with Gasteiger partial charge in [-0.15, -0.1) is 0 Å². The van der Waals surface area contributed by atoms with Crippen molar-refractivity contribution in [3.63, 3.8) is 0 Å². The fraction of sp³-hybridized carbons (Fsp3) is 0.130. The molecule has 0 spiro atoms. The highest BCUT2D eigenvalue weighted by molar-refractivity contribution is 6.39. The number of benzene rings is 2. The topological polar surface area (TPSA) is 121 Å². The molecule has 0 aliphatic carbocycles. The molecule has 4 amide bonds. The lowest BCUT2D eigenvalue weighted by Gasteiger charge is -2.27. The van der Waals surface area contributed by atoms with Gasteiger partial charge < -0.3 is 19.2 Å². The molecule has 2 aromatic carbocycles. The minimum absolute atomic E-state index is 0.203. The molecule has 0 saturated carbocycles. The van der Waals surface area contributed by atoms with Crippen molar-refractivity contribution in [2.24, 2.45) is 0 Å². The van der Waals surface area contributed by atoms with E-state index in [4.69, 9.17) is 4.74 Å². The fourth-order valence-corrected chi connectivity index (χ4v) is 3.61. The number of carboxylic acid groups (broad SMARTS) is 1. The monoisotopic (exact) mass is 432 g/mol. The molecule has 9 heteroatoms. The van der Waals surface area contributed by atoms with Crippen molar-refractivity contribution in [1.82, 2.24) is 9.88 Å². The Labute approximate surface area is 182 Å². The van der Waals surface area contributed by atoms with E-state index >= 15 is 0 Å². The summed E-state index contributed by atoms with van der Waals surface area (Å²) < 4.78 is 6.98. The summed E-state index contributed by atoms with van der Waals surface area (Å²) >= 11 is 0. The van der Waals surface area contributed by atoms with Crippen LogP contribution in [0.5, 0.6) is 5.75 Å². The Balaban J connectivity index is 1.81. The van der Waals surface area contributed by atoms with Crippen LogP contribution in [-0.4, -0.2) is 35.0 Å². The van der Waals surface area contributed by atoms with Gasteiger partial charge in [0, 0.05) is 22.7 Å². The minimum Gasteiger partial charge on any atom is -0.548 e. The number of aliphatic carboxylic acids is 1. The van der Waals surface area contributed by atoms with E-state index in [-0.39, 0.29) is 11.3 Å². The van der Waals surface area contributed by atoms with Crippen molar-refractivity contribution >= 4 is 46.5 Å². The SMILES string of the molecule is CCOc1ccccc1N1C(=O)NC(=O)C(=Cc2cn(CC(=O)[O-])c3ccccc23)C1=O. The van der Waals surface area contributed by atoms with E-state index in [1.165, 1.54) is 16.8 Å². The summed E-state index contributed by atoms with van der Waals surface area (Å²) in [6, 6.07) is 12.6. The number of urea groups is 1. The molecule has 162 valence electrons. The number of ether oxygens (including phenoxy) is 1. The van der Waals surface area contributed by atoms with Gasteiger partial charge in [-0.2, -0.15) is 0 Å². The standard InChI is InChI=1S/C23H19N3O6/c1-2-32-19-10-6-5-9-18(19)26-22(30)16(21(29)24-23(26)31)11-14-12-25(13-20(27)28)17-8-4-3-7-15(14)17/h3-12H,2,13H2,1H3,(H,27,28)(H,24,29,31)/p-1. The molecule has 0 unspecified atom stereocenters. The summed E-state index contributed by atoms with van der Waals surface area (Å²) in [5.74, 6) is -2.62. The van der Waals surface area contributed by atoms with Gasteiger partial charge in [-0.05, 0) is 31.2 Å². The number of carbonyl (C=O) groups excluding carboxylic acids is 4. The van der Waals surface area contributed by atoms with Crippen LogP contribution in [0, 0.1) is 0 Å². The largest absolute Gasteiger partial charge is 0.548 e. The third-order valence-corrected chi connectivity index (χ3v) is 4.93. The van der Waals surface area contributed by atoms with E-state index < -0.39 is 30.4 Å². The Morgan fingerprint density at radius 1 is 1.09 bits per heavy atom. The summed E-state index contributed by atoms with van der Waals surface area (Å²) in [4.78, 5) is 50.3. The number of nitrogens with zero attached hydrogens (tertiary/aromatic N) is 2. The molecule has 0 bridgehead atoms. The predicted octanol–water partition coefficient (Wildman–Crippen LogP) is 1.46. The first-order chi connectivity index (χ1) is 15.4. The molecule has 9 nitrogen and oxygen atoms in total. The molecule has 1 N–H and O–H groups in total. The van der Waals surface area contributed by atoms with Crippen LogP contribution in [0.15, 0.2) is 60.3 Å². The van der Waals surface area contributed by atoms with Gasteiger partial charge >= 0.3 is 6.03 Å². The summed E-state index contributed by atoms with van der Waals surface area (Å²) in [5.41, 5.74) is 0.983. The fourth-order valence-electron chi connectivity index (χ4n) is 3.61. The molecular formula is C23H18N3O6-. The van der Waals surface area contributed by atoms with Crippen LogP contribution in [0.2, 0.25) is 0 Å². The quantitative estimate of drug-likeness (QED) is 0.465. The number of amides is 4. The van der Waals surface area contributed by atoms with Gasteiger partial charge in [-0.25, -0.2) is 9.69 Å². The molecule has 3 aromatic rings. The third kappa shape index (κ3) is 3.71.